The van der Waals surface area contributed by atoms with Gasteiger partial charge in [0.1, 0.15) is 17.5 Å². The van der Waals surface area contributed by atoms with Crippen LogP contribution in [0.3, 0.4) is 0 Å². The summed E-state index contributed by atoms with van der Waals surface area (Å²) in [5, 5.41) is 3.98. The van der Waals surface area contributed by atoms with Crippen molar-refractivity contribution < 1.29 is 13.2 Å². The van der Waals surface area contributed by atoms with Crippen molar-refractivity contribution in [2.75, 3.05) is 0 Å². The zero-order valence-corrected chi connectivity index (χ0v) is 9.70. The Morgan fingerprint density at radius 2 is 1.89 bits per heavy atom. The van der Waals surface area contributed by atoms with Crippen LogP contribution in [0.25, 0.3) is 0 Å². The fourth-order valence-corrected chi connectivity index (χ4v) is 1.73. The van der Waals surface area contributed by atoms with Gasteiger partial charge in [0.15, 0.2) is 0 Å². The Kier molecular flexibility index (Phi) is 3.38. The summed E-state index contributed by atoms with van der Waals surface area (Å²) in [6.45, 7) is 2.50. The average Bonchev–Trinajstić information content (AvgIpc) is 2.75. The van der Waals surface area contributed by atoms with Crippen LogP contribution in [0.4, 0.5) is 13.2 Å². The van der Waals surface area contributed by atoms with Gasteiger partial charge in [-0.05, 0) is 6.92 Å². The van der Waals surface area contributed by atoms with E-state index < -0.39 is 23.5 Å². The van der Waals surface area contributed by atoms with Crippen LogP contribution in [0.5, 0.6) is 0 Å². The van der Waals surface area contributed by atoms with Crippen molar-refractivity contribution >= 4 is 0 Å². The topological polar surface area (TPSA) is 43.8 Å². The zero-order chi connectivity index (χ0) is 13.3. The summed E-state index contributed by atoms with van der Waals surface area (Å²) in [6.07, 6.45) is 3.04. The first-order valence-corrected chi connectivity index (χ1v) is 5.45. The summed E-state index contributed by atoms with van der Waals surface area (Å²) in [6, 6.07) is 0.219. The Morgan fingerprint density at radius 3 is 2.39 bits per heavy atom. The molecule has 2 N–H and O–H groups in total. The number of hydrogen-bond donors (Lipinski definition) is 1. The fourth-order valence-electron chi connectivity index (χ4n) is 1.73. The van der Waals surface area contributed by atoms with Gasteiger partial charge in [0, 0.05) is 36.0 Å². The van der Waals surface area contributed by atoms with Crippen LogP contribution < -0.4 is 5.73 Å². The number of aromatic nitrogens is 2. The molecule has 1 aromatic heterocycles. The molecule has 0 spiro atoms. The summed E-state index contributed by atoms with van der Waals surface area (Å²) in [5.74, 6) is -2.96. The van der Waals surface area contributed by atoms with Gasteiger partial charge >= 0.3 is 0 Å². The monoisotopic (exact) mass is 255 g/mol. The van der Waals surface area contributed by atoms with E-state index in [4.69, 9.17) is 5.73 Å². The van der Waals surface area contributed by atoms with Crippen molar-refractivity contribution in [1.82, 2.24) is 9.78 Å². The number of rotatable bonds is 3. The maximum atomic E-state index is 13.5. The molecule has 0 radical (unpaired) electrons. The lowest BCUT2D eigenvalue weighted by Gasteiger charge is -2.12. The molecule has 0 aliphatic heterocycles. The van der Waals surface area contributed by atoms with E-state index in [1.54, 1.807) is 10.9 Å². The van der Waals surface area contributed by atoms with Gasteiger partial charge in [-0.3, -0.25) is 4.68 Å². The van der Waals surface area contributed by atoms with E-state index in [1.165, 1.54) is 6.20 Å². The molecule has 1 unspecified atom stereocenters. The fraction of sp³-hybridized carbons (Fsp3) is 0.250. The molecule has 3 nitrogen and oxygen atoms in total. The Hall–Kier alpha value is -1.82. The van der Waals surface area contributed by atoms with E-state index in [0.717, 1.165) is 0 Å². The molecular weight excluding hydrogens is 243 g/mol. The van der Waals surface area contributed by atoms with Gasteiger partial charge in [-0.15, -0.1) is 0 Å². The molecule has 0 saturated heterocycles. The summed E-state index contributed by atoms with van der Waals surface area (Å²) >= 11 is 0. The Bertz CT molecular complexity index is 542. The van der Waals surface area contributed by atoms with E-state index in [-0.39, 0.29) is 5.56 Å². The molecule has 1 atom stereocenters. The van der Waals surface area contributed by atoms with Gasteiger partial charge in [-0.2, -0.15) is 5.10 Å². The first-order valence-electron chi connectivity index (χ1n) is 5.45. The van der Waals surface area contributed by atoms with Crippen LogP contribution in [-0.4, -0.2) is 9.78 Å². The molecule has 0 aliphatic rings. The quantitative estimate of drug-likeness (QED) is 0.915. The molecule has 0 aliphatic carbocycles. The molecule has 0 fully saturated rings. The second-order valence-corrected chi connectivity index (χ2v) is 3.89. The number of nitrogens with two attached hydrogens (primary N) is 1. The summed E-state index contributed by atoms with van der Waals surface area (Å²) in [4.78, 5) is 0. The molecule has 0 amide bonds. The SMILES string of the molecule is CCn1cc(C(N)c2c(F)cc(F)cc2F)cn1. The largest absolute Gasteiger partial charge is 0.320 e. The van der Waals surface area contributed by atoms with Crippen LogP contribution >= 0.6 is 0 Å². The molecule has 0 bridgehead atoms. The van der Waals surface area contributed by atoms with E-state index in [2.05, 4.69) is 5.10 Å². The lowest BCUT2D eigenvalue weighted by atomic mass is 10.0. The average molecular weight is 255 g/mol. The first-order chi connectivity index (χ1) is 8.52. The second kappa shape index (κ2) is 4.81. The minimum absolute atomic E-state index is 0.355. The van der Waals surface area contributed by atoms with Crippen molar-refractivity contribution in [3.63, 3.8) is 0 Å². The van der Waals surface area contributed by atoms with E-state index in [9.17, 15) is 13.2 Å². The smallest absolute Gasteiger partial charge is 0.134 e. The summed E-state index contributed by atoms with van der Waals surface area (Å²) in [5.41, 5.74) is 5.90. The Morgan fingerprint density at radius 1 is 1.28 bits per heavy atom. The van der Waals surface area contributed by atoms with Gasteiger partial charge in [-0.25, -0.2) is 13.2 Å². The van der Waals surface area contributed by atoms with Crippen molar-refractivity contribution in [3.8, 4) is 0 Å². The van der Waals surface area contributed by atoms with Gasteiger partial charge in [0.05, 0.1) is 12.2 Å². The van der Waals surface area contributed by atoms with Crippen molar-refractivity contribution in [2.45, 2.75) is 19.5 Å². The highest BCUT2D eigenvalue weighted by Crippen LogP contribution is 2.25. The maximum Gasteiger partial charge on any atom is 0.134 e. The molecule has 2 aromatic rings. The zero-order valence-electron chi connectivity index (χ0n) is 9.70. The number of aryl methyl sites for hydroxylation is 1. The summed E-state index contributed by atoms with van der Waals surface area (Å²) < 4.78 is 41.5. The van der Waals surface area contributed by atoms with Crippen LogP contribution in [0, 0.1) is 17.5 Å². The number of nitrogens with zero attached hydrogens (tertiary/aromatic N) is 2. The number of hydrogen-bond acceptors (Lipinski definition) is 2. The number of halogens is 3. The second-order valence-electron chi connectivity index (χ2n) is 3.89. The van der Waals surface area contributed by atoms with Crippen LogP contribution in [-0.2, 0) is 6.54 Å². The molecule has 1 aromatic carbocycles. The minimum atomic E-state index is -1.01. The number of benzene rings is 1. The van der Waals surface area contributed by atoms with E-state index >= 15 is 0 Å². The van der Waals surface area contributed by atoms with Crippen LogP contribution in [0.2, 0.25) is 0 Å². The van der Waals surface area contributed by atoms with E-state index in [0.29, 0.717) is 24.2 Å². The van der Waals surface area contributed by atoms with Gasteiger partial charge in [-0.1, -0.05) is 0 Å². The van der Waals surface area contributed by atoms with Gasteiger partial charge in [0.25, 0.3) is 0 Å². The lowest BCUT2D eigenvalue weighted by molar-refractivity contribution is 0.515. The van der Waals surface area contributed by atoms with Crippen LogP contribution in [0.15, 0.2) is 24.5 Å². The third-order valence-corrected chi connectivity index (χ3v) is 2.69. The van der Waals surface area contributed by atoms with Crippen LogP contribution in [0.1, 0.15) is 24.1 Å². The molecule has 6 heteroatoms. The van der Waals surface area contributed by atoms with Crippen molar-refractivity contribution in [2.24, 2.45) is 5.73 Å². The highest BCUT2D eigenvalue weighted by Gasteiger charge is 2.20. The Labute approximate surface area is 102 Å². The molecule has 0 saturated carbocycles. The molecule has 2 rings (SSSR count). The summed E-state index contributed by atoms with van der Waals surface area (Å²) in [7, 11) is 0. The highest BCUT2D eigenvalue weighted by atomic mass is 19.1. The molecule has 18 heavy (non-hydrogen) atoms. The van der Waals surface area contributed by atoms with E-state index in [1.807, 2.05) is 6.92 Å². The third-order valence-electron chi connectivity index (χ3n) is 2.69. The van der Waals surface area contributed by atoms with Crippen molar-refractivity contribution in [3.05, 3.63) is 53.1 Å². The molecular formula is C12H12F3N3. The predicted molar refractivity (Wildman–Crippen MR) is 60.2 cm³/mol. The lowest BCUT2D eigenvalue weighted by Crippen LogP contribution is -2.15. The molecule has 96 valence electrons. The minimum Gasteiger partial charge on any atom is -0.320 e. The molecule has 1 heterocycles. The highest BCUT2D eigenvalue weighted by molar-refractivity contribution is 5.31. The third kappa shape index (κ3) is 2.24. The van der Waals surface area contributed by atoms with Gasteiger partial charge in [0.2, 0.25) is 0 Å². The Balaban J connectivity index is 2.42. The standard InChI is InChI=1S/C12H12F3N3/c1-2-18-6-7(5-17-18)12(16)11-9(14)3-8(13)4-10(11)15/h3-6,12H,2,16H2,1H3. The maximum absolute atomic E-state index is 13.5. The predicted octanol–water partition coefficient (Wildman–Crippen LogP) is 2.37. The van der Waals surface area contributed by atoms with Crippen molar-refractivity contribution in [1.29, 1.82) is 0 Å². The first kappa shape index (κ1) is 12.6. The normalized spacial score (nSPS) is 12.7. The van der Waals surface area contributed by atoms with Gasteiger partial charge < -0.3 is 5.73 Å².